The standard InChI is InChI=1S/C19H19FN4O2/c1-25-17-5-3-4-14(18(17)26-2)16-10-15(12-6-8-13(20)9-7-12)23-19-21-11-22-24(16)19/h3-9,11,15-16H,10H2,1-2H3,(H,21,22,23)/t15-,16-/m0/s1. The Morgan fingerprint density at radius 1 is 1.12 bits per heavy atom. The average Bonchev–Trinajstić information content (AvgIpc) is 3.15. The first kappa shape index (κ1) is 16.4. The summed E-state index contributed by atoms with van der Waals surface area (Å²) in [5, 5.41) is 7.75. The van der Waals surface area contributed by atoms with Gasteiger partial charge < -0.3 is 14.8 Å². The molecule has 3 aromatic rings. The molecule has 2 aromatic carbocycles. The molecule has 0 unspecified atom stereocenters. The van der Waals surface area contributed by atoms with E-state index in [2.05, 4.69) is 15.4 Å². The monoisotopic (exact) mass is 354 g/mol. The smallest absolute Gasteiger partial charge is 0.222 e. The van der Waals surface area contributed by atoms with Crippen LogP contribution in [-0.4, -0.2) is 29.0 Å². The summed E-state index contributed by atoms with van der Waals surface area (Å²) in [6.07, 6.45) is 2.24. The van der Waals surface area contributed by atoms with Crippen LogP contribution in [0.1, 0.15) is 29.6 Å². The zero-order chi connectivity index (χ0) is 18.1. The van der Waals surface area contributed by atoms with Crippen LogP contribution in [0.3, 0.4) is 0 Å². The van der Waals surface area contributed by atoms with Gasteiger partial charge >= 0.3 is 0 Å². The number of halogens is 1. The molecule has 2 heterocycles. The van der Waals surface area contributed by atoms with Crippen LogP contribution in [0, 0.1) is 5.82 Å². The van der Waals surface area contributed by atoms with Crippen molar-refractivity contribution in [2.45, 2.75) is 18.5 Å². The Morgan fingerprint density at radius 2 is 1.92 bits per heavy atom. The fourth-order valence-electron chi connectivity index (χ4n) is 3.47. The molecule has 0 spiro atoms. The van der Waals surface area contributed by atoms with Crippen molar-refractivity contribution in [1.29, 1.82) is 0 Å². The number of nitrogens with one attached hydrogen (secondary N) is 1. The summed E-state index contributed by atoms with van der Waals surface area (Å²) in [6, 6.07) is 12.2. The molecular formula is C19H19FN4O2. The number of ether oxygens (including phenoxy) is 2. The molecule has 134 valence electrons. The third-order valence-electron chi connectivity index (χ3n) is 4.70. The first-order valence-corrected chi connectivity index (χ1v) is 8.33. The third-order valence-corrected chi connectivity index (χ3v) is 4.70. The van der Waals surface area contributed by atoms with Crippen molar-refractivity contribution in [2.24, 2.45) is 0 Å². The summed E-state index contributed by atoms with van der Waals surface area (Å²) in [5.41, 5.74) is 1.96. The van der Waals surface area contributed by atoms with Crippen molar-refractivity contribution < 1.29 is 13.9 Å². The SMILES string of the molecule is COc1cccc([C@@H]2C[C@@H](c3ccc(F)cc3)Nc3ncnn32)c1OC. The highest BCUT2D eigenvalue weighted by atomic mass is 19.1. The molecule has 7 heteroatoms. The molecule has 0 radical (unpaired) electrons. The molecule has 1 N–H and O–H groups in total. The third kappa shape index (κ3) is 2.75. The second-order valence-electron chi connectivity index (χ2n) is 6.11. The summed E-state index contributed by atoms with van der Waals surface area (Å²) in [7, 11) is 3.24. The van der Waals surface area contributed by atoms with Gasteiger partial charge in [0.25, 0.3) is 0 Å². The maximum Gasteiger partial charge on any atom is 0.222 e. The van der Waals surface area contributed by atoms with E-state index >= 15 is 0 Å². The number of methoxy groups -OCH3 is 2. The molecule has 1 aliphatic heterocycles. The van der Waals surface area contributed by atoms with Crippen LogP contribution in [0.25, 0.3) is 0 Å². The van der Waals surface area contributed by atoms with Crippen LogP contribution in [0.4, 0.5) is 10.3 Å². The summed E-state index contributed by atoms with van der Waals surface area (Å²) < 4.78 is 26.2. The molecule has 26 heavy (non-hydrogen) atoms. The quantitative estimate of drug-likeness (QED) is 0.776. The Hall–Kier alpha value is -3.09. The Labute approximate surface area is 150 Å². The maximum absolute atomic E-state index is 13.3. The normalized spacial score (nSPS) is 18.7. The Balaban J connectivity index is 1.78. The number of rotatable bonds is 4. The molecule has 0 bridgehead atoms. The van der Waals surface area contributed by atoms with E-state index in [1.54, 1.807) is 26.4 Å². The van der Waals surface area contributed by atoms with Gasteiger partial charge in [0.15, 0.2) is 11.5 Å². The number of aromatic nitrogens is 3. The molecule has 0 amide bonds. The van der Waals surface area contributed by atoms with Gasteiger partial charge in [-0.3, -0.25) is 0 Å². The maximum atomic E-state index is 13.3. The van der Waals surface area contributed by atoms with Crippen molar-refractivity contribution in [1.82, 2.24) is 14.8 Å². The van der Waals surface area contributed by atoms with Gasteiger partial charge in [-0.05, 0) is 30.2 Å². The topological polar surface area (TPSA) is 61.2 Å². The molecule has 0 saturated carbocycles. The number of fused-ring (bicyclic) bond motifs is 1. The minimum absolute atomic E-state index is 0.0202. The molecule has 0 fully saturated rings. The van der Waals surface area contributed by atoms with E-state index < -0.39 is 0 Å². The molecule has 6 nitrogen and oxygen atoms in total. The van der Waals surface area contributed by atoms with E-state index in [0.29, 0.717) is 23.9 Å². The van der Waals surface area contributed by atoms with Crippen LogP contribution in [0.15, 0.2) is 48.8 Å². The molecule has 1 aromatic heterocycles. The number of hydrogen-bond donors (Lipinski definition) is 1. The lowest BCUT2D eigenvalue weighted by Crippen LogP contribution is -2.28. The Bertz CT molecular complexity index is 910. The van der Waals surface area contributed by atoms with Gasteiger partial charge in [-0.15, -0.1) is 0 Å². The predicted octanol–water partition coefficient (Wildman–Crippen LogP) is 3.58. The van der Waals surface area contributed by atoms with Crippen molar-refractivity contribution >= 4 is 5.95 Å². The minimum Gasteiger partial charge on any atom is -0.493 e. The predicted molar refractivity (Wildman–Crippen MR) is 95.1 cm³/mol. The van der Waals surface area contributed by atoms with Gasteiger partial charge in [-0.25, -0.2) is 9.07 Å². The van der Waals surface area contributed by atoms with Crippen LogP contribution in [-0.2, 0) is 0 Å². The van der Waals surface area contributed by atoms with Gasteiger partial charge in [0.2, 0.25) is 5.95 Å². The number of benzene rings is 2. The van der Waals surface area contributed by atoms with E-state index in [4.69, 9.17) is 9.47 Å². The number of anilines is 1. The largest absolute Gasteiger partial charge is 0.493 e. The van der Waals surface area contributed by atoms with Crippen molar-refractivity contribution in [3.05, 3.63) is 65.7 Å². The second-order valence-corrected chi connectivity index (χ2v) is 6.11. The molecule has 0 saturated heterocycles. The van der Waals surface area contributed by atoms with E-state index in [-0.39, 0.29) is 17.9 Å². The summed E-state index contributed by atoms with van der Waals surface area (Å²) in [6.45, 7) is 0. The van der Waals surface area contributed by atoms with Gasteiger partial charge in [0, 0.05) is 5.56 Å². The van der Waals surface area contributed by atoms with Gasteiger partial charge in [-0.2, -0.15) is 10.1 Å². The fourth-order valence-corrected chi connectivity index (χ4v) is 3.47. The van der Waals surface area contributed by atoms with E-state index in [1.165, 1.54) is 18.5 Å². The van der Waals surface area contributed by atoms with Crippen LogP contribution in [0.2, 0.25) is 0 Å². The lowest BCUT2D eigenvalue weighted by atomic mass is 9.92. The van der Waals surface area contributed by atoms with Crippen molar-refractivity contribution in [3.8, 4) is 11.5 Å². The molecule has 2 atom stereocenters. The van der Waals surface area contributed by atoms with E-state index in [1.807, 2.05) is 22.9 Å². The molecule has 0 aliphatic carbocycles. The molecule has 1 aliphatic rings. The van der Waals surface area contributed by atoms with Gasteiger partial charge in [0.1, 0.15) is 12.1 Å². The first-order chi connectivity index (χ1) is 12.7. The molecule has 4 rings (SSSR count). The average molecular weight is 354 g/mol. The zero-order valence-corrected chi connectivity index (χ0v) is 14.5. The zero-order valence-electron chi connectivity index (χ0n) is 14.5. The van der Waals surface area contributed by atoms with Crippen molar-refractivity contribution in [3.63, 3.8) is 0 Å². The number of hydrogen-bond acceptors (Lipinski definition) is 5. The highest BCUT2D eigenvalue weighted by Gasteiger charge is 2.32. The highest BCUT2D eigenvalue weighted by molar-refractivity contribution is 5.50. The van der Waals surface area contributed by atoms with E-state index in [0.717, 1.165) is 11.1 Å². The lowest BCUT2D eigenvalue weighted by molar-refractivity contribution is 0.340. The van der Waals surface area contributed by atoms with Gasteiger partial charge in [-0.1, -0.05) is 24.3 Å². The van der Waals surface area contributed by atoms with Crippen LogP contribution < -0.4 is 14.8 Å². The Kier molecular flexibility index (Phi) is 4.20. The van der Waals surface area contributed by atoms with Gasteiger partial charge in [0.05, 0.1) is 26.3 Å². The number of nitrogens with zero attached hydrogens (tertiary/aromatic N) is 3. The summed E-state index contributed by atoms with van der Waals surface area (Å²) in [4.78, 5) is 4.32. The van der Waals surface area contributed by atoms with E-state index in [9.17, 15) is 4.39 Å². The summed E-state index contributed by atoms with van der Waals surface area (Å²) >= 11 is 0. The number of para-hydroxylation sites is 1. The van der Waals surface area contributed by atoms with Crippen molar-refractivity contribution in [2.75, 3.05) is 19.5 Å². The van der Waals surface area contributed by atoms with Crippen LogP contribution in [0.5, 0.6) is 11.5 Å². The Morgan fingerprint density at radius 3 is 2.65 bits per heavy atom. The second kappa shape index (κ2) is 6.67. The van der Waals surface area contributed by atoms with Crippen LogP contribution >= 0.6 is 0 Å². The first-order valence-electron chi connectivity index (χ1n) is 8.33. The summed E-state index contributed by atoms with van der Waals surface area (Å²) in [5.74, 6) is 1.77. The highest BCUT2D eigenvalue weighted by Crippen LogP contribution is 2.43. The fraction of sp³-hybridized carbons (Fsp3) is 0.263. The minimum atomic E-state index is -0.251. The lowest BCUT2D eigenvalue weighted by Gasteiger charge is -2.32. The molecular weight excluding hydrogens is 335 g/mol.